The molecule has 3 aromatic rings. The molecule has 1 aliphatic rings. The summed E-state index contributed by atoms with van der Waals surface area (Å²) >= 11 is 0. The summed E-state index contributed by atoms with van der Waals surface area (Å²) in [5.41, 5.74) is 3.89. The largest absolute Gasteiger partial charge is 0.441 e. The van der Waals surface area contributed by atoms with Crippen molar-refractivity contribution in [3.05, 3.63) is 60.0 Å². The van der Waals surface area contributed by atoms with Gasteiger partial charge in [-0.05, 0) is 48.7 Å². The Labute approximate surface area is 183 Å². The molecule has 1 fully saturated rings. The molecule has 1 aromatic heterocycles. The Morgan fingerprint density at radius 2 is 1.68 bits per heavy atom. The van der Waals surface area contributed by atoms with Gasteiger partial charge in [0.1, 0.15) is 5.76 Å². The number of methoxy groups -OCH3 is 1. The van der Waals surface area contributed by atoms with Gasteiger partial charge < -0.3 is 14.1 Å². The van der Waals surface area contributed by atoms with Crippen molar-refractivity contribution < 1.29 is 17.6 Å². The molecule has 4 rings (SSSR count). The molecule has 1 saturated heterocycles. The maximum Gasteiger partial charge on any atom is 0.226 e. The third kappa shape index (κ3) is 5.06. The lowest BCUT2D eigenvalue weighted by atomic mass is 10.0. The molecule has 0 N–H and O–H groups in total. The van der Waals surface area contributed by atoms with E-state index in [0.29, 0.717) is 16.9 Å². The predicted molar refractivity (Wildman–Crippen MR) is 121 cm³/mol. The third-order valence-corrected chi connectivity index (χ3v) is 7.00. The molecular weight excluding hydrogens is 412 g/mol. The van der Waals surface area contributed by atoms with Gasteiger partial charge in [-0.25, -0.2) is 13.4 Å². The Morgan fingerprint density at radius 3 is 2.26 bits per heavy atom. The Balaban J connectivity index is 1.44. The quantitative estimate of drug-likeness (QED) is 0.553. The summed E-state index contributed by atoms with van der Waals surface area (Å²) in [6.07, 6.45) is 3.50. The van der Waals surface area contributed by atoms with Gasteiger partial charge in [0.15, 0.2) is 9.84 Å². The molecule has 0 unspecified atom stereocenters. The number of hydrogen-bond acceptors (Lipinski definition) is 6. The highest BCUT2D eigenvalue weighted by Crippen LogP contribution is 2.27. The van der Waals surface area contributed by atoms with Crippen LogP contribution in [-0.4, -0.2) is 57.4 Å². The van der Waals surface area contributed by atoms with Crippen LogP contribution in [0.1, 0.15) is 17.9 Å². The number of oxazole rings is 1. The molecule has 0 radical (unpaired) electrons. The van der Waals surface area contributed by atoms with Crippen molar-refractivity contribution in [2.75, 3.05) is 33.0 Å². The first kappa shape index (κ1) is 21.7. The fourth-order valence-electron chi connectivity index (χ4n) is 3.94. The number of likely N-dealkylation sites (tertiary alicyclic amines) is 1. The monoisotopic (exact) mass is 440 g/mol. The van der Waals surface area contributed by atoms with Gasteiger partial charge in [0.2, 0.25) is 5.89 Å². The van der Waals surface area contributed by atoms with Crippen LogP contribution in [0.4, 0.5) is 0 Å². The molecule has 1 atom stereocenters. The van der Waals surface area contributed by atoms with Crippen molar-refractivity contribution in [1.82, 2.24) is 9.88 Å². The average Bonchev–Trinajstić information content (AvgIpc) is 3.38. The maximum absolute atomic E-state index is 11.6. The van der Waals surface area contributed by atoms with E-state index in [2.05, 4.69) is 4.90 Å². The van der Waals surface area contributed by atoms with Gasteiger partial charge in [-0.2, -0.15) is 0 Å². The topological polar surface area (TPSA) is 72.6 Å². The SMILES string of the molecule is CO[C@H]1CCN(CCc2nc(-c3ccc(-c4ccc(S(C)(=O)=O)cc4)cc3)oc2C)C1. The molecule has 0 spiro atoms. The van der Waals surface area contributed by atoms with E-state index >= 15 is 0 Å². The molecule has 0 aliphatic carbocycles. The van der Waals surface area contributed by atoms with Crippen LogP contribution >= 0.6 is 0 Å². The number of ether oxygens (including phenoxy) is 1. The Kier molecular flexibility index (Phi) is 6.27. The average molecular weight is 441 g/mol. The summed E-state index contributed by atoms with van der Waals surface area (Å²) in [5.74, 6) is 1.49. The fourth-order valence-corrected chi connectivity index (χ4v) is 4.57. The van der Waals surface area contributed by atoms with Gasteiger partial charge in [-0.15, -0.1) is 0 Å². The highest BCUT2D eigenvalue weighted by Gasteiger charge is 2.22. The summed E-state index contributed by atoms with van der Waals surface area (Å²) in [4.78, 5) is 7.46. The third-order valence-electron chi connectivity index (χ3n) is 5.87. The highest BCUT2D eigenvalue weighted by molar-refractivity contribution is 7.90. The number of aryl methyl sites for hydroxylation is 1. The number of hydrogen-bond donors (Lipinski definition) is 0. The summed E-state index contributed by atoms with van der Waals surface area (Å²) in [6, 6.07) is 14.9. The van der Waals surface area contributed by atoms with E-state index < -0.39 is 9.84 Å². The van der Waals surface area contributed by atoms with Gasteiger partial charge >= 0.3 is 0 Å². The normalized spacial score (nSPS) is 17.3. The lowest BCUT2D eigenvalue weighted by Crippen LogP contribution is -2.25. The second kappa shape index (κ2) is 8.94. The van der Waals surface area contributed by atoms with E-state index in [1.54, 1.807) is 19.2 Å². The zero-order chi connectivity index (χ0) is 22.0. The minimum absolute atomic E-state index is 0.322. The standard InChI is InChI=1S/C24H28N2O4S/c1-17-23(13-15-26-14-12-21(16-26)29-2)25-24(30-17)20-6-4-18(5-7-20)19-8-10-22(11-9-19)31(3,27)28/h4-11,21H,12-16H2,1-3H3/t21-/m0/s1. The lowest BCUT2D eigenvalue weighted by Gasteiger charge is -2.14. The molecule has 6 nitrogen and oxygen atoms in total. The van der Waals surface area contributed by atoms with Crippen LogP contribution < -0.4 is 0 Å². The van der Waals surface area contributed by atoms with Gasteiger partial charge in [0.05, 0.1) is 16.7 Å². The number of nitrogens with zero attached hydrogens (tertiary/aromatic N) is 2. The number of rotatable bonds is 7. The first-order valence-corrected chi connectivity index (χ1v) is 12.3. The summed E-state index contributed by atoms with van der Waals surface area (Å²) in [7, 11) is -1.41. The van der Waals surface area contributed by atoms with Gasteiger partial charge in [0, 0.05) is 45.0 Å². The summed E-state index contributed by atoms with van der Waals surface area (Å²) < 4.78 is 34.6. The molecule has 164 valence electrons. The van der Waals surface area contributed by atoms with Crippen LogP contribution in [0.2, 0.25) is 0 Å². The molecular formula is C24H28N2O4S. The van der Waals surface area contributed by atoms with E-state index in [0.717, 1.165) is 60.6 Å². The minimum atomic E-state index is -3.19. The summed E-state index contributed by atoms with van der Waals surface area (Å²) in [5, 5.41) is 0. The zero-order valence-electron chi connectivity index (χ0n) is 18.2. The Bertz CT molecular complexity index is 1140. The van der Waals surface area contributed by atoms with Gasteiger partial charge in [-0.1, -0.05) is 24.3 Å². The van der Waals surface area contributed by atoms with Crippen LogP contribution in [0.5, 0.6) is 0 Å². The molecule has 2 heterocycles. The number of aromatic nitrogens is 1. The molecule has 0 saturated carbocycles. The molecule has 2 aromatic carbocycles. The highest BCUT2D eigenvalue weighted by atomic mass is 32.2. The van der Waals surface area contributed by atoms with Gasteiger partial charge in [0.25, 0.3) is 0 Å². The van der Waals surface area contributed by atoms with Crippen LogP contribution in [0.3, 0.4) is 0 Å². The number of sulfone groups is 1. The van der Waals surface area contributed by atoms with E-state index in [1.807, 2.05) is 43.3 Å². The minimum Gasteiger partial charge on any atom is -0.441 e. The second-order valence-corrected chi connectivity index (χ2v) is 10.1. The second-order valence-electron chi connectivity index (χ2n) is 8.09. The van der Waals surface area contributed by atoms with Crippen molar-refractivity contribution in [3.8, 4) is 22.6 Å². The molecule has 7 heteroatoms. The van der Waals surface area contributed by atoms with Crippen molar-refractivity contribution >= 4 is 9.84 Å². The van der Waals surface area contributed by atoms with E-state index in [9.17, 15) is 8.42 Å². The fraction of sp³-hybridized carbons (Fsp3) is 0.375. The smallest absolute Gasteiger partial charge is 0.226 e. The molecule has 1 aliphatic heterocycles. The first-order chi connectivity index (χ1) is 14.8. The van der Waals surface area contributed by atoms with Gasteiger partial charge in [-0.3, -0.25) is 0 Å². The van der Waals surface area contributed by atoms with E-state index in [1.165, 1.54) is 6.26 Å². The van der Waals surface area contributed by atoms with Crippen LogP contribution in [-0.2, 0) is 21.0 Å². The van der Waals surface area contributed by atoms with E-state index in [4.69, 9.17) is 14.1 Å². The van der Waals surface area contributed by atoms with Crippen molar-refractivity contribution in [1.29, 1.82) is 0 Å². The van der Waals surface area contributed by atoms with Crippen molar-refractivity contribution in [2.24, 2.45) is 0 Å². The van der Waals surface area contributed by atoms with E-state index in [-0.39, 0.29) is 0 Å². The predicted octanol–water partition coefficient (Wildman–Crippen LogP) is 3.98. The molecule has 31 heavy (non-hydrogen) atoms. The molecule has 0 amide bonds. The number of benzene rings is 2. The summed E-state index contributed by atoms with van der Waals surface area (Å²) in [6.45, 7) is 4.96. The van der Waals surface area contributed by atoms with Crippen LogP contribution in [0, 0.1) is 6.92 Å². The zero-order valence-corrected chi connectivity index (χ0v) is 19.0. The lowest BCUT2D eigenvalue weighted by molar-refractivity contribution is 0.108. The van der Waals surface area contributed by atoms with Crippen molar-refractivity contribution in [2.45, 2.75) is 30.8 Å². The van der Waals surface area contributed by atoms with Crippen molar-refractivity contribution in [3.63, 3.8) is 0 Å². The Morgan fingerprint density at radius 1 is 1.06 bits per heavy atom. The molecule has 0 bridgehead atoms. The maximum atomic E-state index is 11.6. The Hall–Kier alpha value is -2.48. The van der Waals surface area contributed by atoms with Crippen LogP contribution in [0.25, 0.3) is 22.6 Å². The first-order valence-electron chi connectivity index (χ1n) is 10.5. The van der Waals surface area contributed by atoms with Crippen LogP contribution in [0.15, 0.2) is 57.8 Å².